The number of ether oxygens (including phenoxy) is 1. The topological polar surface area (TPSA) is 72.2 Å². The highest BCUT2D eigenvalue weighted by atomic mass is 16.5. The summed E-state index contributed by atoms with van der Waals surface area (Å²) in [5, 5.41) is 17.3. The second-order valence-corrected chi connectivity index (χ2v) is 5.45. The van der Waals surface area contributed by atoms with Crippen LogP contribution in [0.4, 0.5) is 5.69 Å². The molecule has 0 saturated heterocycles. The van der Waals surface area contributed by atoms with Crippen molar-refractivity contribution < 1.29 is 9.84 Å². The summed E-state index contributed by atoms with van der Waals surface area (Å²) in [4.78, 5) is 4.05. The van der Waals surface area contributed by atoms with E-state index in [2.05, 4.69) is 15.4 Å². The number of aliphatic hydroxyl groups excluding tert-OH is 1. The van der Waals surface area contributed by atoms with Crippen molar-refractivity contribution in [2.24, 2.45) is 7.05 Å². The van der Waals surface area contributed by atoms with Crippen molar-refractivity contribution in [2.75, 3.05) is 12.4 Å². The molecule has 0 aliphatic rings. The molecule has 0 saturated carbocycles. The standard InChI is InChI=1S/C18H20N4O2/c1-22-11-15(18(21-22)13-5-7-19-8-6-13)10-20-16-3-4-17(24-2)14(9-16)12-23/h3-9,11,20,23H,10,12H2,1-2H3. The maximum Gasteiger partial charge on any atom is 0.124 e. The van der Waals surface area contributed by atoms with E-state index in [1.165, 1.54) is 0 Å². The van der Waals surface area contributed by atoms with Crippen molar-refractivity contribution in [2.45, 2.75) is 13.2 Å². The molecule has 1 aromatic carbocycles. The molecule has 124 valence electrons. The third kappa shape index (κ3) is 3.38. The van der Waals surface area contributed by atoms with Crippen LogP contribution in [0.25, 0.3) is 11.3 Å². The molecule has 0 amide bonds. The van der Waals surface area contributed by atoms with Gasteiger partial charge in [0.15, 0.2) is 0 Å². The van der Waals surface area contributed by atoms with E-state index in [-0.39, 0.29) is 6.61 Å². The fourth-order valence-electron chi connectivity index (χ4n) is 2.63. The number of nitrogens with one attached hydrogen (secondary N) is 1. The molecule has 6 heteroatoms. The molecule has 3 rings (SSSR count). The van der Waals surface area contributed by atoms with Gasteiger partial charge in [-0.1, -0.05) is 0 Å². The second-order valence-electron chi connectivity index (χ2n) is 5.45. The number of methoxy groups -OCH3 is 1. The summed E-state index contributed by atoms with van der Waals surface area (Å²) in [5.74, 6) is 0.682. The molecule has 2 heterocycles. The van der Waals surface area contributed by atoms with Gasteiger partial charge in [-0.25, -0.2) is 0 Å². The lowest BCUT2D eigenvalue weighted by atomic mass is 10.1. The van der Waals surface area contributed by atoms with E-state index in [1.807, 2.05) is 43.6 Å². The highest BCUT2D eigenvalue weighted by molar-refractivity contribution is 5.63. The summed E-state index contributed by atoms with van der Waals surface area (Å²) in [6.45, 7) is 0.566. The Morgan fingerprint density at radius 3 is 2.67 bits per heavy atom. The smallest absolute Gasteiger partial charge is 0.124 e. The first-order chi connectivity index (χ1) is 11.7. The molecule has 6 nitrogen and oxygen atoms in total. The largest absolute Gasteiger partial charge is 0.496 e. The van der Waals surface area contributed by atoms with Crippen LogP contribution in [0.5, 0.6) is 5.75 Å². The fraction of sp³-hybridized carbons (Fsp3) is 0.222. The molecule has 0 radical (unpaired) electrons. The number of aromatic nitrogens is 3. The number of nitrogens with zero attached hydrogens (tertiary/aromatic N) is 3. The number of rotatable bonds is 6. The maximum absolute atomic E-state index is 9.43. The molecule has 0 unspecified atom stereocenters. The number of aliphatic hydroxyl groups is 1. The molecule has 3 aromatic rings. The van der Waals surface area contributed by atoms with Gasteiger partial charge in [0.05, 0.1) is 19.4 Å². The number of hydrogen-bond acceptors (Lipinski definition) is 5. The summed E-state index contributed by atoms with van der Waals surface area (Å²) in [7, 11) is 3.50. The van der Waals surface area contributed by atoms with Crippen LogP contribution >= 0.6 is 0 Å². The molecule has 0 aliphatic heterocycles. The number of pyridine rings is 1. The number of hydrogen-bond donors (Lipinski definition) is 2. The minimum Gasteiger partial charge on any atom is -0.496 e. The Morgan fingerprint density at radius 1 is 1.17 bits per heavy atom. The summed E-state index contributed by atoms with van der Waals surface area (Å²) in [5.41, 5.74) is 4.73. The summed E-state index contributed by atoms with van der Waals surface area (Å²) >= 11 is 0. The van der Waals surface area contributed by atoms with Crippen LogP contribution in [0.2, 0.25) is 0 Å². The van der Waals surface area contributed by atoms with E-state index in [4.69, 9.17) is 4.74 Å². The molecule has 2 aromatic heterocycles. The first kappa shape index (κ1) is 16.0. The third-order valence-electron chi connectivity index (χ3n) is 3.79. The van der Waals surface area contributed by atoms with Crippen LogP contribution in [0.3, 0.4) is 0 Å². The molecule has 2 N–H and O–H groups in total. The molecule has 0 spiro atoms. The monoisotopic (exact) mass is 324 g/mol. The van der Waals surface area contributed by atoms with Gasteiger partial charge in [0.2, 0.25) is 0 Å². The van der Waals surface area contributed by atoms with Crippen LogP contribution in [-0.2, 0) is 20.2 Å². The predicted octanol–water partition coefficient (Wildman–Crippen LogP) is 2.60. The third-order valence-corrected chi connectivity index (χ3v) is 3.79. The van der Waals surface area contributed by atoms with E-state index >= 15 is 0 Å². The number of benzene rings is 1. The Kier molecular flexibility index (Phi) is 4.77. The molecule has 0 bridgehead atoms. The normalized spacial score (nSPS) is 10.6. The van der Waals surface area contributed by atoms with E-state index in [0.29, 0.717) is 12.3 Å². The molecule has 24 heavy (non-hydrogen) atoms. The van der Waals surface area contributed by atoms with E-state index in [0.717, 1.165) is 28.1 Å². The highest BCUT2D eigenvalue weighted by Crippen LogP contribution is 2.25. The van der Waals surface area contributed by atoms with Crippen molar-refractivity contribution in [3.8, 4) is 17.0 Å². The minimum absolute atomic E-state index is 0.0617. The summed E-state index contributed by atoms with van der Waals surface area (Å²) in [6.07, 6.45) is 5.52. The first-order valence-electron chi connectivity index (χ1n) is 7.66. The zero-order chi connectivity index (χ0) is 16.9. The van der Waals surface area contributed by atoms with E-state index in [1.54, 1.807) is 24.2 Å². The van der Waals surface area contributed by atoms with Gasteiger partial charge in [0, 0.05) is 54.6 Å². The number of anilines is 1. The Morgan fingerprint density at radius 2 is 1.96 bits per heavy atom. The fourth-order valence-corrected chi connectivity index (χ4v) is 2.63. The second kappa shape index (κ2) is 7.14. The van der Waals surface area contributed by atoms with Gasteiger partial charge in [-0.05, 0) is 30.3 Å². The average Bonchev–Trinajstić information content (AvgIpc) is 3.01. The lowest BCUT2D eigenvalue weighted by molar-refractivity contribution is 0.274. The molecule has 0 fully saturated rings. The summed E-state index contributed by atoms with van der Waals surface area (Å²) in [6, 6.07) is 9.56. The predicted molar refractivity (Wildman–Crippen MR) is 92.7 cm³/mol. The SMILES string of the molecule is COc1ccc(NCc2cn(C)nc2-c2ccncc2)cc1CO. The average molecular weight is 324 g/mol. The van der Waals surface area contributed by atoms with Crippen LogP contribution in [0, 0.1) is 0 Å². The van der Waals surface area contributed by atoms with Crippen molar-refractivity contribution in [1.29, 1.82) is 0 Å². The van der Waals surface area contributed by atoms with Crippen molar-refractivity contribution in [1.82, 2.24) is 14.8 Å². The highest BCUT2D eigenvalue weighted by Gasteiger charge is 2.10. The molecule has 0 aliphatic carbocycles. The van der Waals surface area contributed by atoms with Crippen LogP contribution in [-0.4, -0.2) is 27.0 Å². The van der Waals surface area contributed by atoms with Crippen molar-refractivity contribution >= 4 is 5.69 Å². The molecular weight excluding hydrogens is 304 g/mol. The first-order valence-corrected chi connectivity index (χ1v) is 7.66. The lowest BCUT2D eigenvalue weighted by Crippen LogP contribution is -2.01. The quantitative estimate of drug-likeness (QED) is 0.729. The Balaban J connectivity index is 1.80. The van der Waals surface area contributed by atoms with Gasteiger partial charge in [-0.3, -0.25) is 9.67 Å². The Bertz CT molecular complexity index is 815. The molecular formula is C18H20N4O2. The van der Waals surface area contributed by atoms with Crippen molar-refractivity contribution in [3.05, 3.63) is 60.0 Å². The van der Waals surface area contributed by atoms with Gasteiger partial charge < -0.3 is 15.2 Å². The van der Waals surface area contributed by atoms with Crippen molar-refractivity contribution in [3.63, 3.8) is 0 Å². The Hall–Kier alpha value is -2.86. The Labute approximate surface area is 140 Å². The van der Waals surface area contributed by atoms with E-state index < -0.39 is 0 Å². The minimum atomic E-state index is -0.0617. The van der Waals surface area contributed by atoms with Gasteiger partial charge in [-0.2, -0.15) is 5.10 Å². The maximum atomic E-state index is 9.43. The van der Waals surface area contributed by atoms with Gasteiger partial charge in [0.1, 0.15) is 5.75 Å². The lowest BCUT2D eigenvalue weighted by Gasteiger charge is -2.11. The zero-order valence-electron chi connectivity index (χ0n) is 13.7. The van der Waals surface area contributed by atoms with Gasteiger partial charge in [0.25, 0.3) is 0 Å². The summed E-state index contributed by atoms with van der Waals surface area (Å²) < 4.78 is 7.03. The van der Waals surface area contributed by atoms with Gasteiger partial charge in [-0.15, -0.1) is 0 Å². The van der Waals surface area contributed by atoms with Gasteiger partial charge >= 0.3 is 0 Å². The van der Waals surface area contributed by atoms with Crippen LogP contribution in [0.15, 0.2) is 48.9 Å². The van der Waals surface area contributed by atoms with Crippen LogP contribution in [0.1, 0.15) is 11.1 Å². The zero-order valence-corrected chi connectivity index (χ0v) is 13.7. The number of aryl methyl sites for hydroxylation is 1. The van der Waals surface area contributed by atoms with E-state index in [9.17, 15) is 5.11 Å². The van der Waals surface area contributed by atoms with Crippen LogP contribution < -0.4 is 10.1 Å². The molecule has 0 atom stereocenters.